The zero-order chi connectivity index (χ0) is 10.6. The zero-order valence-electron chi connectivity index (χ0n) is 7.46. The minimum Gasteiger partial charge on any atom is -0.481 e. The fraction of sp³-hybridized carbons (Fsp3) is 0.222. The van der Waals surface area contributed by atoms with E-state index < -0.39 is 5.97 Å². The zero-order valence-corrected chi connectivity index (χ0v) is 8.21. The van der Waals surface area contributed by atoms with Crippen molar-refractivity contribution < 1.29 is 9.90 Å². The maximum absolute atomic E-state index is 10.4. The molecule has 0 aliphatic rings. The molecule has 0 aliphatic heterocycles. The molecule has 1 rings (SSSR count). The molecule has 4 nitrogen and oxygen atoms in total. The largest absolute Gasteiger partial charge is 0.481 e. The van der Waals surface area contributed by atoms with Gasteiger partial charge in [0.1, 0.15) is 0 Å². The van der Waals surface area contributed by atoms with Crippen LogP contribution in [0.1, 0.15) is 11.1 Å². The van der Waals surface area contributed by atoms with Crippen molar-refractivity contribution >= 4 is 23.3 Å². The van der Waals surface area contributed by atoms with Gasteiger partial charge in [0.05, 0.1) is 12.1 Å². The lowest BCUT2D eigenvalue weighted by Crippen LogP contribution is -2.09. The number of benzene rings is 1. The molecule has 0 fully saturated rings. The number of nitrogen functional groups attached to an aromatic ring is 1. The summed E-state index contributed by atoms with van der Waals surface area (Å²) in [6.07, 6.45) is -0.00522. The van der Waals surface area contributed by atoms with E-state index in [1.807, 2.05) is 0 Å². The van der Waals surface area contributed by atoms with Gasteiger partial charge in [-0.3, -0.25) is 10.6 Å². The number of carboxylic acid groups (broad SMARTS) is 1. The van der Waals surface area contributed by atoms with Crippen LogP contribution in [-0.4, -0.2) is 11.1 Å². The van der Waals surface area contributed by atoms with Crippen LogP contribution in [0.25, 0.3) is 0 Å². The number of hydrazine groups is 1. The minimum atomic E-state index is -0.862. The molecule has 0 saturated heterocycles. The first kappa shape index (κ1) is 10.8. The summed E-state index contributed by atoms with van der Waals surface area (Å²) in [6, 6.07) is 5.16. The number of carbonyl (C=O) groups is 1. The van der Waals surface area contributed by atoms with Crippen molar-refractivity contribution in [1.82, 2.24) is 0 Å². The Labute approximate surface area is 86.6 Å². The molecule has 0 aromatic heterocycles. The fourth-order valence-electron chi connectivity index (χ4n) is 1.18. The highest BCUT2D eigenvalue weighted by Crippen LogP contribution is 2.18. The van der Waals surface area contributed by atoms with E-state index in [0.717, 1.165) is 5.56 Å². The highest BCUT2D eigenvalue weighted by atomic mass is 35.5. The van der Waals surface area contributed by atoms with Crippen LogP contribution >= 0.6 is 11.6 Å². The van der Waals surface area contributed by atoms with Crippen molar-refractivity contribution in [2.45, 2.75) is 12.3 Å². The Balaban J connectivity index is 2.95. The summed E-state index contributed by atoms with van der Waals surface area (Å²) < 4.78 is 0. The predicted molar refractivity (Wildman–Crippen MR) is 55.1 cm³/mol. The fourth-order valence-corrected chi connectivity index (χ4v) is 1.40. The molecule has 4 N–H and O–H groups in total. The van der Waals surface area contributed by atoms with Gasteiger partial charge < -0.3 is 10.5 Å². The molecule has 0 unspecified atom stereocenters. The van der Waals surface area contributed by atoms with Crippen LogP contribution in [-0.2, 0) is 17.1 Å². The van der Waals surface area contributed by atoms with Gasteiger partial charge in [0.25, 0.3) is 0 Å². The Morgan fingerprint density at radius 2 is 2.29 bits per heavy atom. The Hall–Kier alpha value is -1.26. The second-order valence-electron chi connectivity index (χ2n) is 2.84. The molecule has 0 bridgehead atoms. The Kier molecular flexibility index (Phi) is 3.73. The SMILES string of the molecule is NNc1ccc(CC(=O)O)cc1CCl. The maximum Gasteiger partial charge on any atom is 0.307 e. The molecule has 0 spiro atoms. The summed E-state index contributed by atoms with van der Waals surface area (Å²) in [5.41, 5.74) is 4.73. The van der Waals surface area contributed by atoms with Gasteiger partial charge in [0.15, 0.2) is 0 Å². The van der Waals surface area contributed by atoms with Crippen molar-refractivity contribution in [3.63, 3.8) is 0 Å². The van der Waals surface area contributed by atoms with E-state index in [1.54, 1.807) is 18.2 Å². The standard InChI is InChI=1S/C9H11ClN2O2/c10-5-7-3-6(4-9(13)14)1-2-8(7)12-11/h1-3,12H,4-5,11H2,(H,13,14). The summed E-state index contributed by atoms with van der Waals surface area (Å²) in [7, 11) is 0. The normalized spacial score (nSPS) is 9.86. The summed E-state index contributed by atoms with van der Waals surface area (Å²) >= 11 is 5.68. The van der Waals surface area contributed by atoms with Crippen molar-refractivity contribution in [2.24, 2.45) is 5.84 Å². The van der Waals surface area contributed by atoms with Gasteiger partial charge in [0, 0.05) is 5.88 Å². The summed E-state index contributed by atoms with van der Waals surface area (Å²) in [4.78, 5) is 10.4. The van der Waals surface area contributed by atoms with E-state index in [-0.39, 0.29) is 6.42 Å². The number of rotatable bonds is 4. The molecule has 0 heterocycles. The Morgan fingerprint density at radius 1 is 1.57 bits per heavy atom. The van der Waals surface area contributed by atoms with Crippen molar-refractivity contribution in [2.75, 3.05) is 5.43 Å². The maximum atomic E-state index is 10.4. The van der Waals surface area contributed by atoms with Gasteiger partial charge in [-0.15, -0.1) is 11.6 Å². The number of hydrogen-bond donors (Lipinski definition) is 3. The second-order valence-corrected chi connectivity index (χ2v) is 3.11. The molecule has 0 radical (unpaired) electrons. The van der Waals surface area contributed by atoms with Crippen LogP contribution in [0, 0.1) is 0 Å². The van der Waals surface area contributed by atoms with E-state index in [0.29, 0.717) is 17.1 Å². The first-order valence-electron chi connectivity index (χ1n) is 4.03. The first-order valence-corrected chi connectivity index (χ1v) is 4.57. The van der Waals surface area contributed by atoms with E-state index in [9.17, 15) is 4.79 Å². The number of alkyl halides is 1. The van der Waals surface area contributed by atoms with Gasteiger partial charge >= 0.3 is 5.97 Å². The monoisotopic (exact) mass is 214 g/mol. The van der Waals surface area contributed by atoms with Crippen LogP contribution in [0.4, 0.5) is 5.69 Å². The third-order valence-electron chi connectivity index (χ3n) is 1.82. The molecule has 76 valence electrons. The minimum absolute atomic E-state index is 0.00522. The molecular formula is C9H11ClN2O2. The van der Waals surface area contributed by atoms with Crippen molar-refractivity contribution in [1.29, 1.82) is 0 Å². The molecular weight excluding hydrogens is 204 g/mol. The van der Waals surface area contributed by atoms with E-state index in [2.05, 4.69) is 5.43 Å². The molecule has 5 heteroatoms. The van der Waals surface area contributed by atoms with Crippen LogP contribution in [0.3, 0.4) is 0 Å². The lowest BCUT2D eigenvalue weighted by molar-refractivity contribution is -0.136. The van der Waals surface area contributed by atoms with Gasteiger partial charge in [-0.25, -0.2) is 0 Å². The van der Waals surface area contributed by atoms with E-state index >= 15 is 0 Å². The Morgan fingerprint density at radius 3 is 2.79 bits per heavy atom. The average molecular weight is 215 g/mol. The van der Waals surface area contributed by atoms with Crippen molar-refractivity contribution in [3.8, 4) is 0 Å². The Bertz CT molecular complexity index is 342. The first-order chi connectivity index (χ1) is 6.67. The lowest BCUT2D eigenvalue weighted by atomic mass is 10.1. The van der Waals surface area contributed by atoms with Crippen LogP contribution in [0.5, 0.6) is 0 Å². The molecule has 1 aromatic rings. The van der Waals surface area contributed by atoms with Crippen LogP contribution < -0.4 is 11.3 Å². The molecule has 14 heavy (non-hydrogen) atoms. The number of nitrogens with one attached hydrogen (secondary N) is 1. The number of anilines is 1. The quantitative estimate of drug-likeness (QED) is 0.402. The van der Waals surface area contributed by atoms with Crippen LogP contribution in [0.15, 0.2) is 18.2 Å². The van der Waals surface area contributed by atoms with Crippen LogP contribution in [0.2, 0.25) is 0 Å². The summed E-state index contributed by atoms with van der Waals surface area (Å²) in [5, 5.41) is 8.58. The summed E-state index contributed by atoms with van der Waals surface area (Å²) in [6.45, 7) is 0. The average Bonchev–Trinajstić information content (AvgIpc) is 2.16. The van der Waals surface area contributed by atoms with Crippen molar-refractivity contribution in [3.05, 3.63) is 29.3 Å². The van der Waals surface area contributed by atoms with Gasteiger partial charge in [-0.2, -0.15) is 0 Å². The molecule has 1 aromatic carbocycles. The number of aliphatic carboxylic acids is 1. The predicted octanol–water partition coefficient (Wildman–Crippen LogP) is 1.34. The van der Waals surface area contributed by atoms with E-state index in [1.165, 1.54) is 0 Å². The third-order valence-corrected chi connectivity index (χ3v) is 2.11. The highest BCUT2D eigenvalue weighted by molar-refractivity contribution is 6.17. The van der Waals surface area contributed by atoms with E-state index in [4.69, 9.17) is 22.6 Å². The molecule has 0 saturated carbocycles. The lowest BCUT2D eigenvalue weighted by Gasteiger charge is -2.07. The molecule has 0 atom stereocenters. The number of halogens is 1. The number of carboxylic acids is 1. The second kappa shape index (κ2) is 4.83. The summed E-state index contributed by atoms with van der Waals surface area (Å²) in [5.74, 6) is 4.69. The van der Waals surface area contributed by atoms with Gasteiger partial charge in [-0.05, 0) is 17.2 Å². The third kappa shape index (κ3) is 2.61. The molecule has 0 amide bonds. The number of hydrogen-bond acceptors (Lipinski definition) is 3. The topological polar surface area (TPSA) is 75.3 Å². The van der Waals surface area contributed by atoms with Gasteiger partial charge in [-0.1, -0.05) is 12.1 Å². The smallest absolute Gasteiger partial charge is 0.307 e. The number of nitrogens with two attached hydrogens (primary N) is 1. The van der Waals surface area contributed by atoms with Gasteiger partial charge in [0.2, 0.25) is 0 Å². The highest BCUT2D eigenvalue weighted by Gasteiger charge is 2.04. The molecule has 0 aliphatic carbocycles.